The molecule has 0 saturated heterocycles. The fourth-order valence-electron chi connectivity index (χ4n) is 1.31. The molecule has 18 heavy (non-hydrogen) atoms. The Balaban J connectivity index is 1.73. The van der Waals surface area contributed by atoms with Crippen LogP contribution in [-0.2, 0) is 4.79 Å². The molecule has 0 spiro atoms. The third kappa shape index (κ3) is 3.79. The van der Waals surface area contributed by atoms with E-state index in [1.807, 2.05) is 30.3 Å². The van der Waals surface area contributed by atoms with Crippen LogP contribution >= 0.6 is 0 Å². The average Bonchev–Trinajstić information content (AvgIpc) is 2.91. The van der Waals surface area contributed by atoms with E-state index in [1.54, 1.807) is 18.4 Å². The van der Waals surface area contributed by atoms with Gasteiger partial charge < -0.3 is 9.73 Å². The number of carbonyl (C=O) groups is 1. The van der Waals surface area contributed by atoms with Crippen LogP contribution in [0.5, 0.6) is 0 Å². The zero-order valence-electron chi connectivity index (χ0n) is 9.67. The number of anilines is 1. The zero-order valence-corrected chi connectivity index (χ0v) is 9.67. The summed E-state index contributed by atoms with van der Waals surface area (Å²) in [4.78, 5) is 11.4. The van der Waals surface area contributed by atoms with Crippen molar-refractivity contribution in [2.45, 2.75) is 0 Å². The van der Waals surface area contributed by atoms with Crippen LogP contribution in [0.25, 0.3) is 0 Å². The molecular formula is C13H13N3O2. The summed E-state index contributed by atoms with van der Waals surface area (Å²) in [5.41, 5.74) is 3.29. The molecule has 0 bridgehead atoms. The highest BCUT2D eigenvalue weighted by Crippen LogP contribution is 2.03. The number of rotatable bonds is 5. The molecular weight excluding hydrogens is 230 g/mol. The summed E-state index contributed by atoms with van der Waals surface area (Å²) in [6, 6.07) is 13.0. The molecule has 92 valence electrons. The van der Waals surface area contributed by atoms with Crippen molar-refractivity contribution in [1.29, 1.82) is 0 Å². The van der Waals surface area contributed by atoms with Crippen molar-refractivity contribution in [3.63, 3.8) is 0 Å². The van der Waals surface area contributed by atoms with Gasteiger partial charge in [0.05, 0.1) is 19.0 Å². The van der Waals surface area contributed by atoms with Crippen LogP contribution in [0.4, 0.5) is 5.69 Å². The molecule has 2 N–H and O–H groups in total. The maximum absolute atomic E-state index is 11.4. The molecule has 0 atom stereocenters. The first-order valence-corrected chi connectivity index (χ1v) is 5.49. The normalized spacial score (nSPS) is 10.4. The van der Waals surface area contributed by atoms with E-state index in [9.17, 15) is 4.79 Å². The minimum Gasteiger partial charge on any atom is -0.463 e. The number of hydrogen-bond acceptors (Lipinski definition) is 4. The molecule has 0 saturated carbocycles. The van der Waals surface area contributed by atoms with Crippen LogP contribution in [0, 0.1) is 0 Å². The summed E-state index contributed by atoms with van der Waals surface area (Å²) < 4.78 is 5.03. The predicted molar refractivity (Wildman–Crippen MR) is 69.4 cm³/mol. The minimum absolute atomic E-state index is 0.166. The van der Waals surface area contributed by atoms with Crippen LogP contribution < -0.4 is 10.7 Å². The van der Waals surface area contributed by atoms with Gasteiger partial charge in [0.2, 0.25) is 0 Å². The second-order valence-electron chi connectivity index (χ2n) is 3.53. The van der Waals surface area contributed by atoms with Crippen molar-refractivity contribution in [3.05, 3.63) is 54.5 Å². The standard InChI is InChI=1S/C13H13N3O2/c17-13(10-14-11-5-2-1-3-6-11)16-15-9-12-7-4-8-18-12/h1-9,14H,10H2,(H,16,17)/b15-9-. The molecule has 0 aliphatic carbocycles. The average molecular weight is 243 g/mol. The Morgan fingerprint density at radius 1 is 1.22 bits per heavy atom. The van der Waals surface area contributed by atoms with Gasteiger partial charge in [-0.1, -0.05) is 18.2 Å². The number of carbonyl (C=O) groups excluding carboxylic acids is 1. The van der Waals surface area contributed by atoms with Gasteiger partial charge in [-0.15, -0.1) is 0 Å². The number of nitrogens with one attached hydrogen (secondary N) is 2. The van der Waals surface area contributed by atoms with E-state index in [-0.39, 0.29) is 12.5 Å². The van der Waals surface area contributed by atoms with Crippen molar-refractivity contribution in [1.82, 2.24) is 5.43 Å². The van der Waals surface area contributed by atoms with Gasteiger partial charge in [-0.2, -0.15) is 5.10 Å². The SMILES string of the molecule is O=C(CNc1ccccc1)N/N=C\c1ccco1. The molecule has 2 rings (SSSR count). The highest BCUT2D eigenvalue weighted by molar-refractivity contribution is 5.82. The second-order valence-corrected chi connectivity index (χ2v) is 3.53. The predicted octanol–water partition coefficient (Wildman–Crippen LogP) is 1.84. The number of benzene rings is 1. The number of amides is 1. The van der Waals surface area contributed by atoms with Crippen LogP contribution in [0.2, 0.25) is 0 Å². The lowest BCUT2D eigenvalue weighted by molar-refractivity contribution is -0.119. The summed E-state index contributed by atoms with van der Waals surface area (Å²) in [5.74, 6) is 0.368. The fourth-order valence-corrected chi connectivity index (χ4v) is 1.31. The van der Waals surface area contributed by atoms with Gasteiger partial charge in [-0.05, 0) is 24.3 Å². The molecule has 5 heteroatoms. The van der Waals surface area contributed by atoms with E-state index in [0.717, 1.165) is 5.69 Å². The Hall–Kier alpha value is -2.56. The van der Waals surface area contributed by atoms with E-state index in [1.165, 1.54) is 6.21 Å². The Morgan fingerprint density at radius 2 is 2.06 bits per heavy atom. The highest BCUT2D eigenvalue weighted by Gasteiger charge is 1.98. The lowest BCUT2D eigenvalue weighted by atomic mass is 10.3. The van der Waals surface area contributed by atoms with Crippen LogP contribution in [0.3, 0.4) is 0 Å². The summed E-state index contributed by atoms with van der Waals surface area (Å²) >= 11 is 0. The third-order valence-electron chi connectivity index (χ3n) is 2.15. The van der Waals surface area contributed by atoms with Crippen LogP contribution in [-0.4, -0.2) is 18.7 Å². The van der Waals surface area contributed by atoms with Gasteiger partial charge in [0, 0.05) is 5.69 Å². The molecule has 0 fully saturated rings. The molecule has 1 aromatic heterocycles. The van der Waals surface area contributed by atoms with Crippen molar-refractivity contribution in [3.8, 4) is 0 Å². The summed E-state index contributed by atoms with van der Waals surface area (Å²) in [6.07, 6.45) is 2.99. The van der Waals surface area contributed by atoms with Crippen molar-refractivity contribution in [2.75, 3.05) is 11.9 Å². The van der Waals surface area contributed by atoms with E-state index >= 15 is 0 Å². The summed E-state index contributed by atoms with van der Waals surface area (Å²) in [7, 11) is 0. The lowest BCUT2D eigenvalue weighted by Crippen LogP contribution is -2.25. The lowest BCUT2D eigenvalue weighted by Gasteiger charge is -2.04. The van der Waals surface area contributed by atoms with E-state index in [4.69, 9.17) is 4.42 Å². The summed E-state index contributed by atoms with van der Waals surface area (Å²) in [6.45, 7) is 0.166. The maximum atomic E-state index is 11.4. The van der Waals surface area contributed by atoms with Gasteiger partial charge >= 0.3 is 0 Å². The first kappa shape index (κ1) is 11.9. The number of para-hydroxylation sites is 1. The second kappa shape index (κ2) is 6.24. The number of nitrogens with zero attached hydrogens (tertiary/aromatic N) is 1. The number of hydrazone groups is 1. The van der Waals surface area contributed by atoms with Crippen LogP contribution in [0.1, 0.15) is 5.76 Å². The molecule has 0 aliphatic rings. The van der Waals surface area contributed by atoms with E-state index in [0.29, 0.717) is 5.76 Å². The largest absolute Gasteiger partial charge is 0.463 e. The summed E-state index contributed by atoms with van der Waals surface area (Å²) in [5, 5.41) is 6.75. The molecule has 5 nitrogen and oxygen atoms in total. The molecule has 0 unspecified atom stereocenters. The minimum atomic E-state index is -0.221. The van der Waals surface area contributed by atoms with Gasteiger partial charge in [0.1, 0.15) is 5.76 Å². The molecule has 1 amide bonds. The Kier molecular flexibility index (Phi) is 4.13. The van der Waals surface area contributed by atoms with Crippen molar-refractivity contribution < 1.29 is 9.21 Å². The molecule has 0 radical (unpaired) electrons. The Bertz CT molecular complexity index is 506. The maximum Gasteiger partial charge on any atom is 0.259 e. The van der Waals surface area contributed by atoms with Crippen molar-refractivity contribution >= 4 is 17.8 Å². The molecule has 1 heterocycles. The number of furan rings is 1. The van der Waals surface area contributed by atoms with Gasteiger partial charge in [0.15, 0.2) is 0 Å². The molecule has 1 aromatic carbocycles. The highest BCUT2D eigenvalue weighted by atomic mass is 16.3. The monoisotopic (exact) mass is 243 g/mol. The Labute approximate surface area is 105 Å². The first-order chi connectivity index (χ1) is 8.84. The van der Waals surface area contributed by atoms with Gasteiger partial charge in [0.25, 0.3) is 5.91 Å². The topological polar surface area (TPSA) is 66.6 Å². The zero-order chi connectivity index (χ0) is 12.6. The van der Waals surface area contributed by atoms with Crippen molar-refractivity contribution in [2.24, 2.45) is 5.10 Å². The Morgan fingerprint density at radius 3 is 2.78 bits per heavy atom. The quantitative estimate of drug-likeness (QED) is 0.622. The van der Waals surface area contributed by atoms with Crippen LogP contribution in [0.15, 0.2) is 58.2 Å². The third-order valence-corrected chi connectivity index (χ3v) is 2.15. The fraction of sp³-hybridized carbons (Fsp3) is 0.0769. The van der Waals surface area contributed by atoms with E-state index < -0.39 is 0 Å². The number of hydrogen-bond donors (Lipinski definition) is 2. The van der Waals surface area contributed by atoms with Gasteiger partial charge in [-0.25, -0.2) is 5.43 Å². The molecule has 0 aliphatic heterocycles. The first-order valence-electron chi connectivity index (χ1n) is 5.49. The van der Waals surface area contributed by atoms with Gasteiger partial charge in [-0.3, -0.25) is 4.79 Å². The van der Waals surface area contributed by atoms with E-state index in [2.05, 4.69) is 15.8 Å². The smallest absolute Gasteiger partial charge is 0.259 e. The molecule has 2 aromatic rings.